The lowest BCUT2D eigenvalue weighted by Crippen LogP contribution is -2.16. The van der Waals surface area contributed by atoms with Crippen molar-refractivity contribution in [3.63, 3.8) is 0 Å². The van der Waals surface area contributed by atoms with E-state index in [-0.39, 0.29) is 16.5 Å². The van der Waals surface area contributed by atoms with E-state index in [9.17, 15) is 18.7 Å². The number of hydrogen-bond donors (Lipinski definition) is 1. The van der Waals surface area contributed by atoms with E-state index in [0.29, 0.717) is 10.6 Å². The normalized spacial score (nSPS) is 12.2. The summed E-state index contributed by atoms with van der Waals surface area (Å²) in [6.45, 7) is 0. The highest BCUT2D eigenvalue weighted by Crippen LogP contribution is 2.29. The first kappa shape index (κ1) is 15.9. The number of hydrogen-bond acceptors (Lipinski definition) is 1. The van der Waals surface area contributed by atoms with Crippen LogP contribution in [0, 0.1) is 11.6 Å². The van der Waals surface area contributed by atoms with Crippen LogP contribution in [0.3, 0.4) is 0 Å². The summed E-state index contributed by atoms with van der Waals surface area (Å²) in [5, 5.41) is 9.70. The van der Waals surface area contributed by atoms with Gasteiger partial charge in [-0.05, 0) is 52.2 Å². The van der Waals surface area contributed by atoms with Crippen LogP contribution in [-0.2, 0) is 11.2 Å². The monoisotopic (exact) mass is 374 g/mol. The summed E-state index contributed by atoms with van der Waals surface area (Å²) in [7, 11) is 0. The molecule has 110 valence electrons. The van der Waals surface area contributed by atoms with E-state index >= 15 is 0 Å². The Kier molecular flexibility index (Phi) is 4.96. The average Bonchev–Trinajstić information content (AvgIpc) is 2.43. The van der Waals surface area contributed by atoms with Crippen LogP contribution >= 0.6 is 27.5 Å². The summed E-state index contributed by atoms with van der Waals surface area (Å²) >= 11 is 8.80. The summed E-state index contributed by atoms with van der Waals surface area (Å²) in [5.41, 5.74) is 0.130. The minimum Gasteiger partial charge on any atom is -0.481 e. The van der Waals surface area contributed by atoms with Gasteiger partial charge >= 0.3 is 5.97 Å². The summed E-state index contributed by atoms with van der Waals surface area (Å²) in [4.78, 5) is 11.4. The molecule has 0 bridgehead atoms. The molecule has 0 radical (unpaired) electrons. The molecule has 2 rings (SSSR count). The third-order valence-corrected chi connectivity index (χ3v) is 3.94. The highest BCUT2D eigenvalue weighted by Gasteiger charge is 2.24. The van der Waals surface area contributed by atoms with Gasteiger partial charge < -0.3 is 5.11 Å². The topological polar surface area (TPSA) is 37.3 Å². The van der Waals surface area contributed by atoms with Crippen molar-refractivity contribution >= 4 is 33.5 Å². The fraction of sp³-hybridized carbons (Fsp3) is 0.133. The van der Waals surface area contributed by atoms with Gasteiger partial charge in [-0.25, -0.2) is 8.78 Å². The summed E-state index contributed by atoms with van der Waals surface area (Å²) < 4.78 is 27.8. The quantitative estimate of drug-likeness (QED) is 0.780. The molecule has 0 aliphatic rings. The van der Waals surface area contributed by atoms with Crippen LogP contribution in [0.5, 0.6) is 0 Å². The zero-order chi connectivity index (χ0) is 15.6. The van der Waals surface area contributed by atoms with Crippen molar-refractivity contribution in [1.29, 1.82) is 0 Å². The molecule has 0 aliphatic heterocycles. The Balaban J connectivity index is 2.43. The van der Waals surface area contributed by atoms with Gasteiger partial charge in [0.1, 0.15) is 11.6 Å². The Hall–Kier alpha value is -1.46. The summed E-state index contributed by atoms with van der Waals surface area (Å²) in [6.07, 6.45) is -0.299. The van der Waals surface area contributed by atoms with E-state index < -0.39 is 23.5 Å². The second-order valence-electron chi connectivity index (χ2n) is 4.47. The Morgan fingerprint density at radius 2 is 2.00 bits per heavy atom. The van der Waals surface area contributed by atoms with Gasteiger partial charge in [0.05, 0.1) is 10.4 Å². The first-order valence-electron chi connectivity index (χ1n) is 6.00. The molecule has 0 spiro atoms. The van der Waals surface area contributed by atoms with Crippen molar-refractivity contribution in [1.82, 2.24) is 0 Å². The second-order valence-corrected chi connectivity index (χ2v) is 5.76. The molecule has 1 unspecified atom stereocenters. The zero-order valence-electron chi connectivity index (χ0n) is 10.6. The van der Waals surface area contributed by atoms with E-state index in [0.717, 1.165) is 6.07 Å². The number of rotatable bonds is 4. The van der Waals surface area contributed by atoms with Crippen molar-refractivity contribution < 1.29 is 18.7 Å². The van der Waals surface area contributed by atoms with Crippen molar-refractivity contribution in [3.8, 4) is 0 Å². The molecule has 0 saturated heterocycles. The van der Waals surface area contributed by atoms with Crippen molar-refractivity contribution in [2.45, 2.75) is 12.3 Å². The minimum atomic E-state index is -1.17. The first-order valence-corrected chi connectivity index (χ1v) is 7.18. The molecule has 1 N–H and O–H groups in total. The fourth-order valence-corrected chi connectivity index (χ4v) is 2.60. The Morgan fingerprint density at radius 3 is 2.62 bits per heavy atom. The molecule has 0 saturated carbocycles. The van der Waals surface area contributed by atoms with E-state index in [2.05, 4.69) is 15.9 Å². The maximum Gasteiger partial charge on any atom is 0.311 e. The molecule has 2 aromatic carbocycles. The Morgan fingerprint density at radius 1 is 1.29 bits per heavy atom. The van der Waals surface area contributed by atoms with E-state index in [1.165, 1.54) is 12.1 Å². The zero-order valence-corrected chi connectivity index (χ0v) is 13.0. The predicted molar refractivity (Wildman–Crippen MR) is 79.6 cm³/mol. The lowest BCUT2D eigenvalue weighted by molar-refractivity contribution is -0.138. The largest absolute Gasteiger partial charge is 0.481 e. The van der Waals surface area contributed by atoms with Gasteiger partial charge in [0.25, 0.3) is 0 Å². The van der Waals surface area contributed by atoms with Crippen LogP contribution < -0.4 is 0 Å². The van der Waals surface area contributed by atoms with Crippen molar-refractivity contribution in [2.75, 3.05) is 0 Å². The van der Waals surface area contributed by atoms with E-state index in [1.807, 2.05) is 0 Å². The first-order chi connectivity index (χ1) is 9.90. The molecule has 0 heterocycles. The number of carbonyl (C=O) groups is 1. The third kappa shape index (κ3) is 3.60. The van der Waals surface area contributed by atoms with E-state index in [4.69, 9.17) is 11.6 Å². The molecule has 0 aromatic heterocycles. The van der Waals surface area contributed by atoms with Gasteiger partial charge in [0.2, 0.25) is 0 Å². The highest BCUT2D eigenvalue weighted by molar-refractivity contribution is 9.10. The molecule has 0 fully saturated rings. The molecule has 2 nitrogen and oxygen atoms in total. The van der Waals surface area contributed by atoms with Gasteiger partial charge in [-0.2, -0.15) is 0 Å². The molecule has 1 atom stereocenters. The van der Waals surface area contributed by atoms with Crippen LogP contribution in [0.15, 0.2) is 40.9 Å². The minimum absolute atomic E-state index is 0.0918. The van der Waals surface area contributed by atoms with Crippen molar-refractivity contribution in [2.24, 2.45) is 0 Å². The molecule has 6 heteroatoms. The number of aliphatic carboxylic acids is 1. The number of benzene rings is 2. The van der Waals surface area contributed by atoms with Crippen molar-refractivity contribution in [3.05, 3.63) is 68.7 Å². The Labute approximate surface area is 133 Å². The molecule has 0 amide bonds. The summed E-state index contributed by atoms with van der Waals surface area (Å²) in [6, 6.07) is 8.58. The maximum absolute atomic E-state index is 14.0. The van der Waals surface area contributed by atoms with Gasteiger partial charge in [-0.15, -0.1) is 0 Å². The SMILES string of the molecule is O=C(O)C(Cc1c(F)ccc(Br)c1F)c1cccc(Cl)c1. The highest BCUT2D eigenvalue weighted by atomic mass is 79.9. The number of halogens is 4. The molecule has 21 heavy (non-hydrogen) atoms. The lowest BCUT2D eigenvalue weighted by atomic mass is 9.91. The lowest BCUT2D eigenvalue weighted by Gasteiger charge is -2.15. The van der Waals surface area contributed by atoms with Gasteiger partial charge in [0.15, 0.2) is 0 Å². The molecular weight excluding hydrogens is 366 g/mol. The van der Waals surface area contributed by atoms with Crippen LogP contribution in [0.2, 0.25) is 5.02 Å². The third-order valence-electron chi connectivity index (χ3n) is 3.10. The molecule has 0 aliphatic carbocycles. The Bertz CT molecular complexity index is 691. The standard InChI is InChI=1S/C15H10BrClF2O2/c16-12-4-5-13(18)11(14(12)19)7-10(15(20)21)8-2-1-3-9(17)6-8/h1-6,10H,7H2,(H,20,21). The van der Waals surface area contributed by atoms with Crippen LogP contribution in [0.25, 0.3) is 0 Å². The van der Waals surface area contributed by atoms with Gasteiger partial charge in [-0.1, -0.05) is 23.7 Å². The molecule has 2 aromatic rings. The smallest absolute Gasteiger partial charge is 0.311 e. The average molecular weight is 376 g/mol. The van der Waals surface area contributed by atoms with Gasteiger partial charge in [0, 0.05) is 10.6 Å². The summed E-state index contributed by atoms with van der Waals surface area (Å²) in [5.74, 6) is -3.81. The fourth-order valence-electron chi connectivity index (χ4n) is 2.03. The van der Waals surface area contributed by atoms with Crippen LogP contribution in [0.4, 0.5) is 8.78 Å². The maximum atomic E-state index is 14.0. The predicted octanol–water partition coefficient (Wildman–Crippen LogP) is 4.79. The van der Waals surface area contributed by atoms with Gasteiger partial charge in [-0.3, -0.25) is 4.79 Å². The number of carboxylic acids is 1. The van der Waals surface area contributed by atoms with Crippen LogP contribution in [-0.4, -0.2) is 11.1 Å². The van der Waals surface area contributed by atoms with Crippen LogP contribution in [0.1, 0.15) is 17.0 Å². The molecular formula is C15H10BrClF2O2. The van der Waals surface area contributed by atoms with E-state index in [1.54, 1.807) is 18.2 Å². The number of carboxylic acid groups (broad SMARTS) is 1. The second kappa shape index (κ2) is 6.54.